The average Bonchev–Trinajstić information content (AvgIpc) is 2.82. The first kappa shape index (κ1) is 18.4. The van der Waals surface area contributed by atoms with Crippen LogP contribution in [0.5, 0.6) is 0 Å². The zero-order valence-electron chi connectivity index (χ0n) is 14.4. The standard InChI is InChI=1S/C15H27N3O4/c1-8(2)10(16-14(20)22-15(5,6)7)11(19)13-18-17-12(21-13)9(3)4/h8-11,19H,1-7H3,(H,16,20)/t10-,11?/m0/s1. The SMILES string of the molecule is CC(C)c1nnc(C(O)[C@@H](NC(=O)OC(C)(C)C)C(C)C)o1. The summed E-state index contributed by atoms with van der Waals surface area (Å²) in [5.41, 5.74) is -0.605. The van der Waals surface area contributed by atoms with Crippen LogP contribution in [0.2, 0.25) is 0 Å². The van der Waals surface area contributed by atoms with E-state index in [1.807, 2.05) is 27.7 Å². The quantitative estimate of drug-likeness (QED) is 0.867. The molecule has 0 fully saturated rings. The fourth-order valence-electron chi connectivity index (χ4n) is 1.81. The van der Waals surface area contributed by atoms with Crippen LogP contribution in [0, 0.1) is 5.92 Å². The predicted octanol–water partition coefficient (Wildman–Crippen LogP) is 2.78. The van der Waals surface area contributed by atoms with Crippen LogP contribution in [0.3, 0.4) is 0 Å². The van der Waals surface area contributed by atoms with Crippen molar-refractivity contribution in [3.05, 3.63) is 11.8 Å². The van der Waals surface area contributed by atoms with Gasteiger partial charge in [-0.2, -0.15) is 0 Å². The van der Waals surface area contributed by atoms with Gasteiger partial charge in [0.05, 0.1) is 6.04 Å². The molecule has 2 atom stereocenters. The van der Waals surface area contributed by atoms with Crippen LogP contribution >= 0.6 is 0 Å². The third-order valence-electron chi connectivity index (χ3n) is 2.94. The third-order valence-corrected chi connectivity index (χ3v) is 2.94. The van der Waals surface area contributed by atoms with Crippen LogP contribution in [0.4, 0.5) is 4.79 Å². The molecule has 1 rings (SSSR count). The number of aromatic nitrogens is 2. The van der Waals surface area contributed by atoms with Gasteiger partial charge in [-0.1, -0.05) is 27.7 Å². The molecule has 0 aromatic carbocycles. The number of amides is 1. The minimum Gasteiger partial charge on any atom is -0.444 e. The fourth-order valence-corrected chi connectivity index (χ4v) is 1.81. The maximum atomic E-state index is 11.9. The fraction of sp³-hybridized carbons (Fsp3) is 0.800. The topological polar surface area (TPSA) is 97.5 Å². The van der Waals surface area contributed by atoms with Gasteiger partial charge in [-0.25, -0.2) is 4.79 Å². The number of nitrogens with one attached hydrogen (secondary N) is 1. The highest BCUT2D eigenvalue weighted by molar-refractivity contribution is 5.68. The number of alkyl carbamates (subject to hydrolysis) is 1. The molecule has 0 saturated carbocycles. The zero-order chi connectivity index (χ0) is 17.1. The number of aliphatic hydroxyl groups is 1. The van der Waals surface area contributed by atoms with E-state index in [-0.39, 0.29) is 17.7 Å². The Labute approximate surface area is 131 Å². The Morgan fingerprint density at radius 1 is 1.18 bits per heavy atom. The van der Waals surface area contributed by atoms with E-state index in [4.69, 9.17) is 9.15 Å². The lowest BCUT2D eigenvalue weighted by atomic mass is 9.98. The van der Waals surface area contributed by atoms with Crippen molar-refractivity contribution in [1.29, 1.82) is 0 Å². The molecule has 1 heterocycles. The van der Waals surface area contributed by atoms with Gasteiger partial charge >= 0.3 is 6.09 Å². The number of nitrogens with zero attached hydrogens (tertiary/aromatic N) is 2. The number of aliphatic hydroxyl groups excluding tert-OH is 1. The molecule has 0 saturated heterocycles. The Hall–Kier alpha value is -1.63. The summed E-state index contributed by atoms with van der Waals surface area (Å²) in [6.07, 6.45) is -1.68. The largest absolute Gasteiger partial charge is 0.444 e. The lowest BCUT2D eigenvalue weighted by Gasteiger charge is -2.27. The van der Waals surface area contributed by atoms with Crippen molar-refractivity contribution in [2.24, 2.45) is 5.92 Å². The van der Waals surface area contributed by atoms with Crippen molar-refractivity contribution in [2.75, 3.05) is 0 Å². The lowest BCUT2D eigenvalue weighted by molar-refractivity contribution is 0.0325. The number of ether oxygens (including phenoxy) is 1. The van der Waals surface area contributed by atoms with E-state index in [1.54, 1.807) is 20.8 Å². The van der Waals surface area contributed by atoms with E-state index in [2.05, 4.69) is 15.5 Å². The van der Waals surface area contributed by atoms with Crippen molar-refractivity contribution in [3.63, 3.8) is 0 Å². The van der Waals surface area contributed by atoms with Crippen LogP contribution in [0.25, 0.3) is 0 Å². The van der Waals surface area contributed by atoms with Gasteiger partial charge in [-0.05, 0) is 26.7 Å². The van der Waals surface area contributed by atoms with E-state index in [0.29, 0.717) is 5.89 Å². The van der Waals surface area contributed by atoms with Gasteiger partial charge in [0, 0.05) is 5.92 Å². The molecule has 126 valence electrons. The van der Waals surface area contributed by atoms with E-state index in [9.17, 15) is 9.90 Å². The summed E-state index contributed by atoms with van der Waals surface area (Å²) in [5.74, 6) is 0.578. The van der Waals surface area contributed by atoms with Crippen LogP contribution in [0.1, 0.15) is 72.3 Å². The van der Waals surface area contributed by atoms with Gasteiger partial charge in [-0.3, -0.25) is 0 Å². The minimum absolute atomic E-state index is 0.0445. The van der Waals surface area contributed by atoms with E-state index < -0.39 is 23.8 Å². The van der Waals surface area contributed by atoms with Gasteiger partial charge in [0.1, 0.15) is 5.60 Å². The third kappa shape index (κ3) is 5.29. The Bertz CT molecular complexity index is 491. The second-order valence-electron chi connectivity index (χ2n) is 6.99. The van der Waals surface area contributed by atoms with Gasteiger partial charge in [0.15, 0.2) is 6.10 Å². The maximum Gasteiger partial charge on any atom is 0.407 e. The summed E-state index contributed by atoms with van der Waals surface area (Å²) in [5, 5.41) is 20.9. The highest BCUT2D eigenvalue weighted by Gasteiger charge is 2.31. The minimum atomic E-state index is -1.09. The molecule has 1 unspecified atom stereocenters. The first-order valence-electron chi connectivity index (χ1n) is 7.52. The molecular weight excluding hydrogens is 286 g/mol. The Morgan fingerprint density at radius 3 is 2.14 bits per heavy atom. The number of carbonyl (C=O) groups is 1. The predicted molar refractivity (Wildman–Crippen MR) is 81.3 cm³/mol. The molecule has 1 amide bonds. The highest BCUT2D eigenvalue weighted by atomic mass is 16.6. The summed E-state index contributed by atoms with van der Waals surface area (Å²) < 4.78 is 10.7. The van der Waals surface area contributed by atoms with Crippen molar-refractivity contribution in [2.45, 2.75) is 72.1 Å². The average molecular weight is 313 g/mol. The number of hydrogen-bond acceptors (Lipinski definition) is 6. The van der Waals surface area contributed by atoms with Crippen molar-refractivity contribution in [1.82, 2.24) is 15.5 Å². The second kappa shape index (κ2) is 7.09. The Balaban J connectivity index is 2.83. The molecule has 0 aliphatic rings. The summed E-state index contributed by atoms with van der Waals surface area (Å²) in [7, 11) is 0. The number of hydrogen-bond donors (Lipinski definition) is 2. The zero-order valence-corrected chi connectivity index (χ0v) is 14.4. The number of carbonyl (C=O) groups excluding carboxylic acids is 1. The molecule has 7 nitrogen and oxygen atoms in total. The first-order chi connectivity index (χ1) is 10.0. The molecule has 1 aromatic rings. The Kier molecular flexibility index (Phi) is 5.93. The molecule has 7 heteroatoms. The van der Waals surface area contributed by atoms with Crippen molar-refractivity contribution in [3.8, 4) is 0 Å². The monoisotopic (exact) mass is 313 g/mol. The summed E-state index contributed by atoms with van der Waals surface area (Å²) in [6, 6.07) is -0.588. The van der Waals surface area contributed by atoms with Crippen molar-refractivity contribution < 1.29 is 19.1 Å². The van der Waals surface area contributed by atoms with Crippen molar-refractivity contribution >= 4 is 6.09 Å². The van der Waals surface area contributed by atoms with Gasteiger partial charge in [0.2, 0.25) is 11.8 Å². The normalized spacial score (nSPS) is 15.0. The Morgan fingerprint density at radius 2 is 1.73 bits per heavy atom. The second-order valence-corrected chi connectivity index (χ2v) is 6.99. The number of rotatable bonds is 5. The molecule has 2 N–H and O–H groups in total. The van der Waals surface area contributed by atoms with Crippen LogP contribution in [0.15, 0.2) is 4.42 Å². The van der Waals surface area contributed by atoms with Gasteiger partial charge < -0.3 is 19.6 Å². The molecule has 0 aliphatic carbocycles. The molecular formula is C15H27N3O4. The molecule has 0 spiro atoms. The van der Waals surface area contributed by atoms with Crippen LogP contribution in [-0.4, -0.2) is 33.0 Å². The molecule has 22 heavy (non-hydrogen) atoms. The van der Waals surface area contributed by atoms with E-state index >= 15 is 0 Å². The maximum absolute atomic E-state index is 11.9. The lowest BCUT2D eigenvalue weighted by Crippen LogP contribution is -2.45. The van der Waals surface area contributed by atoms with Crippen LogP contribution < -0.4 is 5.32 Å². The van der Waals surface area contributed by atoms with E-state index in [0.717, 1.165) is 0 Å². The highest BCUT2D eigenvalue weighted by Crippen LogP contribution is 2.23. The smallest absolute Gasteiger partial charge is 0.407 e. The first-order valence-corrected chi connectivity index (χ1v) is 7.52. The molecule has 0 aliphatic heterocycles. The molecule has 0 radical (unpaired) electrons. The molecule has 0 bridgehead atoms. The summed E-state index contributed by atoms with van der Waals surface area (Å²) >= 11 is 0. The van der Waals surface area contributed by atoms with Gasteiger partial charge in [-0.15, -0.1) is 10.2 Å². The summed E-state index contributed by atoms with van der Waals surface area (Å²) in [6.45, 7) is 12.9. The molecule has 1 aromatic heterocycles. The van der Waals surface area contributed by atoms with Gasteiger partial charge in [0.25, 0.3) is 0 Å². The van der Waals surface area contributed by atoms with Crippen LogP contribution in [-0.2, 0) is 4.74 Å². The van der Waals surface area contributed by atoms with E-state index in [1.165, 1.54) is 0 Å². The summed E-state index contributed by atoms with van der Waals surface area (Å²) in [4.78, 5) is 11.9.